The standard InChI is InChI=1S/C24H29ClN6O2S.2H2S/c1-15-20(26)24(14-33-15)7-10-30(11-8-24)23-28-13-18(21-27-9-12-31(21)23)34-17-6-4-5-16(19(17)25)22(32)29(2)3;;/h4-6,9,12-13,15,20H,7-8,10-11,14,26H2,1-3H3;2*1H2/t15-,20+;;/m0../s1. The molecule has 2 aromatic heterocycles. The third-order valence-corrected chi connectivity index (χ3v) is 8.67. The van der Waals surface area contributed by atoms with Gasteiger partial charge in [0.05, 0.1) is 28.2 Å². The highest BCUT2D eigenvalue weighted by molar-refractivity contribution is 7.99. The van der Waals surface area contributed by atoms with E-state index in [0.29, 0.717) is 10.6 Å². The molecule has 0 radical (unpaired) electrons. The molecule has 12 heteroatoms. The summed E-state index contributed by atoms with van der Waals surface area (Å²) in [5, 5.41) is 0.436. The number of rotatable bonds is 4. The highest BCUT2D eigenvalue weighted by atomic mass is 35.5. The van der Waals surface area contributed by atoms with Crippen LogP contribution in [0.15, 0.2) is 46.6 Å². The molecular formula is C24H33ClN6O2S3. The maximum absolute atomic E-state index is 12.5. The van der Waals surface area contributed by atoms with Crippen molar-refractivity contribution < 1.29 is 9.53 Å². The molecule has 2 fully saturated rings. The molecule has 2 atom stereocenters. The fourth-order valence-corrected chi connectivity index (χ4v) is 6.18. The van der Waals surface area contributed by atoms with Crippen molar-refractivity contribution in [3.8, 4) is 0 Å². The molecule has 4 heterocycles. The number of imidazole rings is 1. The molecule has 2 aliphatic heterocycles. The minimum Gasteiger partial charge on any atom is -0.376 e. The third-order valence-electron chi connectivity index (χ3n) is 7.08. The van der Waals surface area contributed by atoms with Gasteiger partial charge in [-0.1, -0.05) is 29.4 Å². The molecule has 1 amide bonds. The highest BCUT2D eigenvalue weighted by Crippen LogP contribution is 2.42. The average Bonchev–Trinajstić information content (AvgIpc) is 3.43. The molecule has 2 N–H and O–H groups in total. The van der Waals surface area contributed by atoms with Crippen molar-refractivity contribution in [2.24, 2.45) is 11.1 Å². The molecule has 2 aliphatic rings. The Labute approximate surface area is 234 Å². The van der Waals surface area contributed by atoms with Crippen molar-refractivity contribution >= 4 is 67.9 Å². The van der Waals surface area contributed by atoms with Crippen molar-refractivity contribution in [1.29, 1.82) is 0 Å². The summed E-state index contributed by atoms with van der Waals surface area (Å²) in [7, 11) is 3.43. The summed E-state index contributed by atoms with van der Waals surface area (Å²) in [6, 6.07) is 5.57. The third kappa shape index (κ3) is 5.06. The first-order valence-corrected chi connectivity index (χ1v) is 12.6. The summed E-state index contributed by atoms with van der Waals surface area (Å²) in [6.45, 7) is 4.55. The molecule has 0 bridgehead atoms. The number of fused-ring (bicyclic) bond motifs is 1. The number of ether oxygens (including phenoxy) is 1. The molecular weight excluding hydrogens is 536 g/mol. The Morgan fingerprint density at radius 2 is 1.94 bits per heavy atom. The fourth-order valence-electron chi connectivity index (χ4n) is 4.93. The lowest BCUT2D eigenvalue weighted by atomic mass is 9.73. The molecule has 0 aliphatic carbocycles. The first-order chi connectivity index (χ1) is 16.3. The van der Waals surface area contributed by atoms with Gasteiger partial charge < -0.3 is 20.3 Å². The minimum atomic E-state index is -0.128. The molecule has 2 saturated heterocycles. The van der Waals surface area contributed by atoms with E-state index in [4.69, 9.17) is 27.1 Å². The normalized spacial score (nSPS) is 20.8. The van der Waals surface area contributed by atoms with Crippen LogP contribution in [0, 0.1) is 5.41 Å². The molecule has 3 aromatic rings. The Hall–Kier alpha value is -1.63. The Bertz CT molecular complexity index is 1230. The van der Waals surface area contributed by atoms with Gasteiger partial charge in [0.1, 0.15) is 0 Å². The second-order valence-electron chi connectivity index (χ2n) is 9.35. The second kappa shape index (κ2) is 11.4. The van der Waals surface area contributed by atoms with E-state index >= 15 is 0 Å². The molecule has 36 heavy (non-hydrogen) atoms. The number of nitrogens with two attached hydrogens (primary N) is 1. The number of carbonyl (C=O) groups is 1. The smallest absolute Gasteiger partial charge is 0.254 e. The molecule has 1 aromatic carbocycles. The largest absolute Gasteiger partial charge is 0.376 e. The quantitative estimate of drug-likeness (QED) is 0.512. The fraction of sp³-hybridized carbons (Fsp3) is 0.458. The Balaban J connectivity index is 0.00000180. The Morgan fingerprint density at radius 1 is 1.22 bits per heavy atom. The number of aromatic nitrogens is 3. The van der Waals surface area contributed by atoms with Gasteiger partial charge in [0.15, 0.2) is 5.65 Å². The average molecular weight is 569 g/mol. The van der Waals surface area contributed by atoms with Crippen LogP contribution in [-0.2, 0) is 4.74 Å². The molecule has 5 rings (SSSR count). The van der Waals surface area contributed by atoms with Crippen molar-refractivity contribution in [2.75, 3.05) is 38.7 Å². The highest BCUT2D eigenvalue weighted by Gasteiger charge is 2.47. The summed E-state index contributed by atoms with van der Waals surface area (Å²) in [6.07, 6.45) is 7.64. The van der Waals surface area contributed by atoms with Gasteiger partial charge in [-0.25, -0.2) is 9.97 Å². The van der Waals surface area contributed by atoms with Gasteiger partial charge in [-0.15, -0.1) is 0 Å². The minimum absolute atomic E-state index is 0. The van der Waals surface area contributed by atoms with Gasteiger partial charge >= 0.3 is 0 Å². The molecule has 0 unspecified atom stereocenters. The van der Waals surface area contributed by atoms with Crippen LogP contribution < -0.4 is 10.6 Å². The molecule has 0 saturated carbocycles. The van der Waals surface area contributed by atoms with E-state index < -0.39 is 0 Å². The van der Waals surface area contributed by atoms with E-state index in [1.807, 2.05) is 28.9 Å². The lowest BCUT2D eigenvalue weighted by Crippen LogP contribution is -2.51. The lowest BCUT2D eigenvalue weighted by molar-refractivity contribution is 0.0827. The maximum atomic E-state index is 12.5. The van der Waals surface area contributed by atoms with E-state index in [-0.39, 0.29) is 50.5 Å². The van der Waals surface area contributed by atoms with Crippen LogP contribution in [0.2, 0.25) is 5.02 Å². The van der Waals surface area contributed by atoms with Crippen LogP contribution in [0.4, 0.5) is 5.95 Å². The van der Waals surface area contributed by atoms with Gasteiger partial charge in [-0.05, 0) is 31.9 Å². The lowest BCUT2D eigenvalue weighted by Gasteiger charge is -2.41. The summed E-state index contributed by atoms with van der Waals surface area (Å²) >= 11 is 8.08. The van der Waals surface area contributed by atoms with Crippen LogP contribution in [0.3, 0.4) is 0 Å². The van der Waals surface area contributed by atoms with E-state index in [2.05, 4.69) is 16.8 Å². The van der Waals surface area contributed by atoms with Gasteiger partial charge in [-0.2, -0.15) is 27.0 Å². The van der Waals surface area contributed by atoms with Crippen LogP contribution in [0.25, 0.3) is 5.65 Å². The number of halogens is 1. The zero-order valence-electron chi connectivity index (χ0n) is 20.6. The van der Waals surface area contributed by atoms with Crippen molar-refractivity contribution in [2.45, 2.75) is 41.7 Å². The van der Waals surface area contributed by atoms with Crippen LogP contribution in [-0.4, -0.2) is 71.1 Å². The summed E-state index contributed by atoms with van der Waals surface area (Å²) in [5.74, 6) is 0.742. The number of hydrogen-bond donors (Lipinski definition) is 1. The number of nitrogens with zero attached hydrogens (tertiary/aromatic N) is 5. The zero-order chi connectivity index (χ0) is 24.0. The Morgan fingerprint density at radius 3 is 2.58 bits per heavy atom. The second-order valence-corrected chi connectivity index (χ2v) is 10.8. The number of amides is 1. The van der Waals surface area contributed by atoms with E-state index in [1.54, 1.807) is 26.4 Å². The van der Waals surface area contributed by atoms with E-state index in [1.165, 1.54) is 16.7 Å². The first-order valence-electron chi connectivity index (χ1n) is 11.4. The predicted molar refractivity (Wildman–Crippen MR) is 155 cm³/mol. The maximum Gasteiger partial charge on any atom is 0.254 e. The SMILES string of the molecule is C[C@@H]1OCC2(CCN(c3ncc(Sc4cccc(C(=O)N(C)C)c4Cl)c4nccn34)CC2)[C@@H]1N.S.S. The first kappa shape index (κ1) is 28.9. The summed E-state index contributed by atoms with van der Waals surface area (Å²) < 4.78 is 7.89. The number of piperidine rings is 1. The summed E-state index contributed by atoms with van der Waals surface area (Å²) in [4.78, 5) is 27.4. The van der Waals surface area contributed by atoms with E-state index in [9.17, 15) is 4.79 Å². The molecule has 8 nitrogen and oxygen atoms in total. The van der Waals surface area contributed by atoms with Crippen molar-refractivity contribution in [3.05, 3.63) is 47.4 Å². The van der Waals surface area contributed by atoms with Gasteiger partial charge in [0, 0.05) is 62.1 Å². The topological polar surface area (TPSA) is 89.0 Å². The van der Waals surface area contributed by atoms with Crippen LogP contribution in [0.1, 0.15) is 30.1 Å². The molecule has 196 valence electrons. The summed E-state index contributed by atoms with van der Waals surface area (Å²) in [5.41, 5.74) is 7.84. The van der Waals surface area contributed by atoms with E-state index in [0.717, 1.165) is 53.9 Å². The van der Waals surface area contributed by atoms with Gasteiger partial charge in [0.25, 0.3) is 5.91 Å². The van der Waals surface area contributed by atoms with Crippen LogP contribution >= 0.6 is 50.4 Å². The van der Waals surface area contributed by atoms with Gasteiger partial charge in [0.2, 0.25) is 5.95 Å². The number of anilines is 1. The van der Waals surface area contributed by atoms with Crippen molar-refractivity contribution in [1.82, 2.24) is 19.3 Å². The monoisotopic (exact) mass is 568 g/mol. The molecule has 1 spiro atoms. The van der Waals surface area contributed by atoms with Crippen molar-refractivity contribution in [3.63, 3.8) is 0 Å². The van der Waals surface area contributed by atoms with Crippen LogP contribution in [0.5, 0.6) is 0 Å². The number of hydrogen-bond acceptors (Lipinski definition) is 7. The Kier molecular flexibility index (Phi) is 9.17. The predicted octanol–water partition coefficient (Wildman–Crippen LogP) is 3.79. The van der Waals surface area contributed by atoms with Gasteiger partial charge in [-0.3, -0.25) is 9.20 Å². The number of carbonyl (C=O) groups excluding carboxylic acids is 1. The number of benzene rings is 1. The zero-order valence-corrected chi connectivity index (χ0v) is 24.1.